The molecule has 0 saturated heterocycles. The van der Waals surface area contributed by atoms with E-state index in [1.54, 1.807) is 0 Å². The zero-order valence-corrected chi connectivity index (χ0v) is 5.50. The molecule has 0 aliphatic carbocycles. The van der Waals surface area contributed by atoms with Crippen molar-refractivity contribution in [1.82, 2.24) is 5.32 Å². The molecule has 0 amide bonds. The van der Waals surface area contributed by atoms with Crippen LogP contribution in [0.1, 0.15) is 0 Å². The Morgan fingerprint density at radius 3 is 2.80 bits per heavy atom. The van der Waals surface area contributed by atoms with Crippen LogP contribution in [0.15, 0.2) is 0 Å². The molecule has 0 aliphatic heterocycles. The van der Waals surface area contributed by atoms with Crippen molar-refractivity contribution in [2.75, 3.05) is 13.1 Å². The summed E-state index contributed by atoms with van der Waals surface area (Å²) in [7, 11) is 0. The number of nitrogens with two attached hydrogens (primary N) is 1. The highest BCUT2D eigenvalue weighted by Gasteiger charge is 2.12. The van der Waals surface area contributed by atoms with Gasteiger partial charge in [-0.3, -0.25) is 10.1 Å². The van der Waals surface area contributed by atoms with Gasteiger partial charge >= 0.3 is 5.97 Å². The third kappa shape index (κ3) is 3.07. The van der Waals surface area contributed by atoms with Crippen LogP contribution in [0, 0.1) is 12.3 Å². The van der Waals surface area contributed by atoms with E-state index in [0.29, 0.717) is 0 Å². The molecule has 0 spiro atoms. The summed E-state index contributed by atoms with van der Waals surface area (Å²) in [5.41, 5.74) is 5.10. The second kappa shape index (κ2) is 4.79. The molecule has 56 valence electrons. The highest BCUT2D eigenvalue weighted by atomic mass is 16.4. The third-order valence-corrected chi connectivity index (χ3v) is 0.984. The maximum absolute atomic E-state index is 10.2. The van der Waals surface area contributed by atoms with Gasteiger partial charge < -0.3 is 10.8 Å². The van der Waals surface area contributed by atoms with Crippen molar-refractivity contribution < 1.29 is 9.90 Å². The number of hydrogen-bond donors (Lipinski definition) is 3. The number of terminal acetylenes is 1. The number of carboxylic acids is 1. The van der Waals surface area contributed by atoms with Gasteiger partial charge in [0.25, 0.3) is 0 Å². The standard InChI is InChI=1S/C6H10N2O2/c1-2-3-8-5(4-7)6(9)10/h1,5,8H,3-4,7H2,(H,9,10). The Kier molecular flexibility index (Phi) is 4.29. The van der Waals surface area contributed by atoms with E-state index in [0.717, 1.165) is 0 Å². The Morgan fingerprint density at radius 2 is 2.50 bits per heavy atom. The quantitative estimate of drug-likeness (QED) is 0.423. The van der Waals surface area contributed by atoms with Gasteiger partial charge in [0.2, 0.25) is 0 Å². The fourth-order valence-corrected chi connectivity index (χ4v) is 0.454. The first-order valence-corrected chi connectivity index (χ1v) is 2.82. The monoisotopic (exact) mass is 142 g/mol. The Hall–Kier alpha value is -1.05. The average Bonchev–Trinajstić information content (AvgIpc) is 1.89. The van der Waals surface area contributed by atoms with Crippen molar-refractivity contribution in [1.29, 1.82) is 0 Å². The summed E-state index contributed by atoms with van der Waals surface area (Å²) >= 11 is 0. The molecule has 0 rings (SSSR count). The minimum atomic E-state index is -0.974. The zero-order valence-electron chi connectivity index (χ0n) is 5.50. The van der Waals surface area contributed by atoms with Crippen LogP contribution < -0.4 is 11.1 Å². The number of carboxylic acid groups (broad SMARTS) is 1. The Bertz CT molecular complexity index is 150. The highest BCUT2D eigenvalue weighted by Crippen LogP contribution is 1.77. The summed E-state index contributed by atoms with van der Waals surface area (Å²) in [6, 6.07) is -0.726. The Morgan fingerprint density at radius 1 is 1.90 bits per heavy atom. The average molecular weight is 142 g/mol. The molecule has 0 aliphatic rings. The van der Waals surface area contributed by atoms with Crippen molar-refractivity contribution in [2.45, 2.75) is 6.04 Å². The van der Waals surface area contributed by atoms with Gasteiger partial charge in [0.15, 0.2) is 0 Å². The van der Waals surface area contributed by atoms with E-state index in [2.05, 4.69) is 11.2 Å². The predicted octanol–water partition coefficient (Wildman–Crippen LogP) is -1.38. The van der Waals surface area contributed by atoms with Crippen molar-refractivity contribution in [3.05, 3.63) is 0 Å². The van der Waals surface area contributed by atoms with E-state index in [1.165, 1.54) is 0 Å². The molecule has 1 unspecified atom stereocenters. The molecular weight excluding hydrogens is 132 g/mol. The molecule has 0 aromatic rings. The molecule has 4 heteroatoms. The number of rotatable bonds is 4. The summed E-state index contributed by atoms with van der Waals surface area (Å²) in [6.07, 6.45) is 4.89. The number of aliphatic carboxylic acids is 1. The van der Waals surface area contributed by atoms with Gasteiger partial charge in [-0.1, -0.05) is 5.92 Å². The lowest BCUT2D eigenvalue weighted by molar-refractivity contribution is -0.139. The smallest absolute Gasteiger partial charge is 0.322 e. The molecule has 4 N–H and O–H groups in total. The predicted molar refractivity (Wildman–Crippen MR) is 37.3 cm³/mol. The summed E-state index contributed by atoms with van der Waals surface area (Å²) in [4.78, 5) is 10.2. The largest absolute Gasteiger partial charge is 0.480 e. The van der Waals surface area contributed by atoms with Crippen molar-refractivity contribution in [3.8, 4) is 12.3 Å². The summed E-state index contributed by atoms with van der Waals surface area (Å²) in [5.74, 6) is 1.28. The number of nitrogens with one attached hydrogen (secondary N) is 1. The molecule has 0 saturated carbocycles. The number of carbonyl (C=O) groups is 1. The fourth-order valence-electron chi connectivity index (χ4n) is 0.454. The van der Waals surface area contributed by atoms with E-state index in [-0.39, 0.29) is 13.1 Å². The van der Waals surface area contributed by atoms with Crippen LogP contribution in [0.25, 0.3) is 0 Å². The minimum absolute atomic E-state index is 0.0526. The van der Waals surface area contributed by atoms with Crippen LogP contribution >= 0.6 is 0 Å². The van der Waals surface area contributed by atoms with Gasteiger partial charge in [-0.25, -0.2) is 0 Å². The topological polar surface area (TPSA) is 75.3 Å². The molecule has 0 aromatic heterocycles. The highest BCUT2D eigenvalue weighted by molar-refractivity contribution is 5.73. The van der Waals surface area contributed by atoms with Crippen LogP contribution in [0.3, 0.4) is 0 Å². The van der Waals surface area contributed by atoms with Gasteiger partial charge in [-0.05, 0) is 0 Å². The van der Waals surface area contributed by atoms with Gasteiger partial charge in [-0.15, -0.1) is 6.42 Å². The van der Waals surface area contributed by atoms with Crippen LogP contribution in [-0.2, 0) is 4.79 Å². The summed E-state index contributed by atoms with van der Waals surface area (Å²) < 4.78 is 0. The second-order valence-electron chi connectivity index (χ2n) is 1.71. The van der Waals surface area contributed by atoms with Gasteiger partial charge in [-0.2, -0.15) is 0 Å². The molecule has 0 radical (unpaired) electrons. The van der Waals surface area contributed by atoms with Crippen LogP contribution in [0.4, 0.5) is 0 Å². The first kappa shape index (κ1) is 8.95. The second-order valence-corrected chi connectivity index (χ2v) is 1.71. The third-order valence-electron chi connectivity index (χ3n) is 0.984. The van der Waals surface area contributed by atoms with Crippen LogP contribution in [0.5, 0.6) is 0 Å². The molecular formula is C6H10N2O2. The lowest BCUT2D eigenvalue weighted by atomic mass is 10.3. The maximum atomic E-state index is 10.2. The SMILES string of the molecule is C#CCNC(CN)C(=O)O. The summed E-state index contributed by atoms with van der Waals surface area (Å²) in [6.45, 7) is 0.283. The van der Waals surface area contributed by atoms with E-state index in [4.69, 9.17) is 17.3 Å². The lowest BCUT2D eigenvalue weighted by Crippen LogP contribution is -2.42. The molecule has 4 nitrogen and oxygen atoms in total. The van der Waals surface area contributed by atoms with Crippen molar-refractivity contribution in [2.24, 2.45) is 5.73 Å². The molecule has 0 bridgehead atoms. The van der Waals surface area contributed by atoms with Gasteiger partial charge in [0, 0.05) is 6.54 Å². The molecule has 10 heavy (non-hydrogen) atoms. The van der Waals surface area contributed by atoms with Crippen molar-refractivity contribution in [3.63, 3.8) is 0 Å². The van der Waals surface area contributed by atoms with Crippen molar-refractivity contribution >= 4 is 5.97 Å². The first-order valence-electron chi connectivity index (χ1n) is 2.82. The minimum Gasteiger partial charge on any atom is -0.480 e. The normalized spacial score (nSPS) is 12.0. The van der Waals surface area contributed by atoms with Gasteiger partial charge in [0.1, 0.15) is 6.04 Å². The lowest BCUT2D eigenvalue weighted by Gasteiger charge is -2.07. The van der Waals surface area contributed by atoms with E-state index >= 15 is 0 Å². The number of hydrogen-bond acceptors (Lipinski definition) is 3. The fraction of sp³-hybridized carbons (Fsp3) is 0.500. The van der Waals surface area contributed by atoms with Crippen LogP contribution in [-0.4, -0.2) is 30.2 Å². The zero-order chi connectivity index (χ0) is 7.98. The van der Waals surface area contributed by atoms with Crippen LogP contribution in [0.2, 0.25) is 0 Å². The Labute approximate surface area is 59.4 Å². The van der Waals surface area contributed by atoms with E-state index in [9.17, 15) is 4.79 Å². The van der Waals surface area contributed by atoms with Gasteiger partial charge in [0.05, 0.1) is 6.54 Å². The molecule has 1 atom stereocenters. The Balaban J connectivity index is 3.63. The first-order chi connectivity index (χ1) is 4.72. The summed E-state index contributed by atoms with van der Waals surface area (Å²) in [5, 5.41) is 10.9. The molecule has 0 heterocycles. The molecule has 0 fully saturated rings. The van der Waals surface area contributed by atoms with E-state index in [1.807, 2.05) is 0 Å². The maximum Gasteiger partial charge on any atom is 0.322 e. The molecule has 0 aromatic carbocycles. The van der Waals surface area contributed by atoms with E-state index < -0.39 is 12.0 Å².